The average Bonchev–Trinajstić information content (AvgIpc) is 2.56. The first-order valence-electron chi connectivity index (χ1n) is 6.33. The molecule has 0 saturated carbocycles. The van der Waals surface area contributed by atoms with Crippen LogP contribution in [-0.4, -0.2) is 16.0 Å². The number of rotatable bonds is 3. The Kier molecular flexibility index (Phi) is 3.33. The van der Waals surface area contributed by atoms with E-state index in [0.29, 0.717) is 11.3 Å². The lowest BCUT2D eigenvalue weighted by Gasteiger charge is -2.02. The van der Waals surface area contributed by atoms with Crippen LogP contribution in [0.5, 0.6) is 0 Å². The SMILES string of the molecule is O=C(c1ccccc1)c1ccc(-c2ccccc2)nn1. The Balaban J connectivity index is 1.89. The molecule has 0 aliphatic carbocycles. The average molecular weight is 260 g/mol. The molecule has 1 aromatic heterocycles. The normalized spacial score (nSPS) is 10.2. The Bertz CT molecular complexity index is 707. The van der Waals surface area contributed by atoms with Crippen LogP contribution in [0.1, 0.15) is 16.1 Å². The molecule has 0 spiro atoms. The van der Waals surface area contributed by atoms with Crippen molar-refractivity contribution in [3.05, 3.63) is 84.1 Å². The molecule has 0 atom stereocenters. The molecule has 0 aliphatic rings. The summed E-state index contributed by atoms with van der Waals surface area (Å²) in [6, 6.07) is 22.4. The fraction of sp³-hybridized carbons (Fsp3) is 0. The molecule has 0 N–H and O–H groups in total. The number of carbonyl (C=O) groups is 1. The fourth-order valence-corrected chi connectivity index (χ4v) is 1.95. The highest BCUT2D eigenvalue weighted by molar-refractivity contribution is 6.07. The minimum absolute atomic E-state index is 0.113. The van der Waals surface area contributed by atoms with E-state index in [9.17, 15) is 4.79 Å². The quantitative estimate of drug-likeness (QED) is 0.678. The fourth-order valence-electron chi connectivity index (χ4n) is 1.95. The first-order chi connectivity index (χ1) is 9.84. The largest absolute Gasteiger partial charge is 0.287 e. The molecule has 3 nitrogen and oxygen atoms in total. The Morgan fingerprint density at radius 2 is 1.35 bits per heavy atom. The van der Waals surface area contributed by atoms with Crippen LogP contribution < -0.4 is 0 Å². The Hall–Kier alpha value is -2.81. The number of ketones is 1. The lowest BCUT2D eigenvalue weighted by Crippen LogP contribution is -2.05. The highest BCUT2D eigenvalue weighted by Crippen LogP contribution is 2.16. The van der Waals surface area contributed by atoms with Gasteiger partial charge in [-0.25, -0.2) is 0 Å². The lowest BCUT2D eigenvalue weighted by molar-refractivity contribution is 0.103. The highest BCUT2D eigenvalue weighted by Gasteiger charge is 2.10. The number of hydrogen-bond donors (Lipinski definition) is 0. The van der Waals surface area contributed by atoms with E-state index in [4.69, 9.17) is 0 Å². The van der Waals surface area contributed by atoms with Crippen molar-refractivity contribution in [2.75, 3.05) is 0 Å². The van der Waals surface area contributed by atoms with Crippen LogP contribution in [0.25, 0.3) is 11.3 Å². The summed E-state index contributed by atoms with van der Waals surface area (Å²) in [4.78, 5) is 12.2. The highest BCUT2D eigenvalue weighted by atomic mass is 16.1. The first kappa shape index (κ1) is 12.2. The van der Waals surface area contributed by atoms with Crippen molar-refractivity contribution in [1.29, 1.82) is 0 Å². The number of aromatic nitrogens is 2. The number of carbonyl (C=O) groups excluding carboxylic acids is 1. The predicted octanol–water partition coefficient (Wildman–Crippen LogP) is 3.37. The van der Waals surface area contributed by atoms with Gasteiger partial charge in [0.2, 0.25) is 5.78 Å². The molecule has 2 aromatic carbocycles. The van der Waals surface area contributed by atoms with Gasteiger partial charge in [0.1, 0.15) is 5.69 Å². The van der Waals surface area contributed by atoms with Crippen LogP contribution in [-0.2, 0) is 0 Å². The molecular formula is C17H12N2O. The lowest BCUT2D eigenvalue weighted by atomic mass is 10.1. The monoisotopic (exact) mass is 260 g/mol. The summed E-state index contributed by atoms with van der Waals surface area (Å²) in [6.07, 6.45) is 0. The number of nitrogens with zero attached hydrogens (tertiary/aromatic N) is 2. The van der Waals surface area contributed by atoms with Crippen LogP contribution in [0.15, 0.2) is 72.8 Å². The third-order valence-electron chi connectivity index (χ3n) is 3.00. The molecule has 20 heavy (non-hydrogen) atoms. The molecule has 3 aromatic rings. The van der Waals surface area contributed by atoms with Crippen molar-refractivity contribution in [2.24, 2.45) is 0 Å². The Morgan fingerprint density at radius 3 is 1.95 bits per heavy atom. The van der Waals surface area contributed by atoms with E-state index < -0.39 is 0 Å². The van der Waals surface area contributed by atoms with Gasteiger partial charge in [0, 0.05) is 11.1 Å². The summed E-state index contributed by atoms with van der Waals surface area (Å²) in [7, 11) is 0. The van der Waals surface area contributed by atoms with Crippen molar-refractivity contribution in [2.45, 2.75) is 0 Å². The zero-order chi connectivity index (χ0) is 13.8. The second-order valence-electron chi connectivity index (χ2n) is 4.36. The zero-order valence-electron chi connectivity index (χ0n) is 10.7. The van der Waals surface area contributed by atoms with Gasteiger partial charge in [-0.05, 0) is 12.1 Å². The molecule has 0 amide bonds. The first-order valence-corrected chi connectivity index (χ1v) is 6.33. The van der Waals surface area contributed by atoms with E-state index in [2.05, 4.69) is 10.2 Å². The van der Waals surface area contributed by atoms with Gasteiger partial charge < -0.3 is 0 Å². The molecule has 0 radical (unpaired) electrons. The third-order valence-corrected chi connectivity index (χ3v) is 3.00. The van der Waals surface area contributed by atoms with Gasteiger partial charge in [-0.2, -0.15) is 0 Å². The topological polar surface area (TPSA) is 42.9 Å². The van der Waals surface area contributed by atoms with E-state index in [1.807, 2.05) is 54.6 Å². The van der Waals surface area contributed by atoms with Gasteiger partial charge in [-0.1, -0.05) is 60.7 Å². The van der Waals surface area contributed by atoms with Gasteiger partial charge in [0.05, 0.1) is 5.69 Å². The maximum Gasteiger partial charge on any atom is 0.213 e. The van der Waals surface area contributed by atoms with Gasteiger partial charge in [0.15, 0.2) is 0 Å². The van der Waals surface area contributed by atoms with Gasteiger partial charge >= 0.3 is 0 Å². The molecule has 3 rings (SSSR count). The van der Waals surface area contributed by atoms with Crippen LogP contribution in [0, 0.1) is 0 Å². The Morgan fingerprint density at radius 1 is 0.700 bits per heavy atom. The van der Waals surface area contributed by atoms with Gasteiger partial charge in [-0.15, -0.1) is 10.2 Å². The number of benzene rings is 2. The smallest absolute Gasteiger partial charge is 0.213 e. The van der Waals surface area contributed by atoms with Crippen molar-refractivity contribution in [1.82, 2.24) is 10.2 Å². The predicted molar refractivity (Wildman–Crippen MR) is 77.3 cm³/mol. The molecular weight excluding hydrogens is 248 g/mol. The second kappa shape index (κ2) is 5.45. The van der Waals surface area contributed by atoms with Crippen molar-refractivity contribution >= 4 is 5.78 Å². The van der Waals surface area contributed by atoms with Crippen molar-refractivity contribution < 1.29 is 4.79 Å². The van der Waals surface area contributed by atoms with E-state index >= 15 is 0 Å². The summed E-state index contributed by atoms with van der Waals surface area (Å²) in [5.74, 6) is -0.113. The summed E-state index contributed by atoms with van der Waals surface area (Å²) in [5.41, 5.74) is 2.72. The molecule has 3 heteroatoms. The Labute approximate surface area is 116 Å². The third kappa shape index (κ3) is 2.47. The van der Waals surface area contributed by atoms with Crippen LogP contribution in [0.4, 0.5) is 0 Å². The van der Waals surface area contributed by atoms with Crippen LogP contribution >= 0.6 is 0 Å². The molecule has 0 bridgehead atoms. The van der Waals surface area contributed by atoms with Crippen molar-refractivity contribution in [3.8, 4) is 11.3 Å². The van der Waals surface area contributed by atoms with Crippen LogP contribution in [0.2, 0.25) is 0 Å². The molecule has 0 saturated heterocycles. The minimum Gasteiger partial charge on any atom is -0.287 e. The van der Waals surface area contributed by atoms with E-state index in [0.717, 1.165) is 11.3 Å². The van der Waals surface area contributed by atoms with E-state index in [1.54, 1.807) is 18.2 Å². The molecule has 96 valence electrons. The summed E-state index contributed by atoms with van der Waals surface area (Å²) in [6.45, 7) is 0. The summed E-state index contributed by atoms with van der Waals surface area (Å²) in [5, 5.41) is 8.16. The summed E-state index contributed by atoms with van der Waals surface area (Å²) < 4.78 is 0. The molecule has 1 heterocycles. The second-order valence-corrected chi connectivity index (χ2v) is 4.36. The van der Waals surface area contributed by atoms with E-state index in [1.165, 1.54) is 0 Å². The summed E-state index contributed by atoms with van der Waals surface area (Å²) >= 11 is 0. The standard InChI is InChI=1S/C17H12N2O/c20-17(14-9-5-2-6-10-14)16-12-11-15(18-19-16)13-7-3-1-4-8-13/h1-12H. The van der Waals surface area contributed by atoms with Gasteiger partial charge in [0.25, 0.3) is 0 Å². The number of hydrogen-bond acceptors (Lipinski definition) is 3. The zero-order valence-corrected chi connectivity index (χ0v) is 10.7. The van der Waals surface area contributed by atoms with E-state index in [-0.39, 0.29) is 5.78 Å². The van der Waals surface area contributed by atoms with Gasteiger partial charge in [-0.3, -0.25) is 4.79 Å². The van der Waals surface area contributed by atoms with Crippen molar-refractivity contribution in [3.63, 3.8) is 0 Å². The molecule has 0 aliphatic heterocycles. The molecule has 0 fully saturated rings. The van der Waals surface area contributed by atoms with Crippen LogP contribution in [0.3, 0.4) is 0 Å². The minimum atomic E-state index is -0.113. The maximum absolute atomic E-state index is 12.2. The molecule has 0 unspecified atom stereocenters. The maximum atomic E-state index is 12.2.